The summed E-state index contributed by atoms with van der Waals surface area (Å²) in [4.78, 5) is 10.8. The summed E-state index contributed by atoms with van der Waals surface area (Å²) in [6.45, 7) is 3.75. The fraction of sp³-hybridized carbons (Fsp3) is 0.875. The molecule has 0 fully saturated rings. The number of carbonyl (C=O) groups is 1. The number of rotatable bonds is 5. The summed E-state index contributed by atoms with van der Waals surface area (Å²) in [6.07, 6.45) is 2.56. The predicted octanol–water partition coefficient (Wildman–Crippen LogP) is 2.45. The van der Waals surface area contributed by atoms with E-state index in [1.54, 1.807) is 6.92 Å². The topological polar surface area (TPSA) is 37.3 Å². The van der Waals surface area contributed by atoms with Gasteiger partial charge in [0, 0.05) is 0 Å². The lowest BCUT2D eigenvalue weighted by molar-refractivity contribution is -0.142. The van der Waals surface area contributed by atoms with Gasteiger partial charge in [-0.2, -0.15) is 25.3 Å². The highest BCUT2D eigenvalue weighted by molar-refractivity contribution is 8.00. The van der Waals surface area contributed by atoms with Gasteiger partial charge >= 0.3 is 5.97 Å². The van der Waals surface area contributed by atoms with Gasteiger partial charge < -0.3 is 5.11 Å². The molecule has 0 aliphatic carbocycles. The highest BCUT2D eigenvalue weighted by atomic mass is 32.2. The molecule has 0 amide bonds. The Morgan fingerprint density at radius 2 is 2.08 bits per heavy atom. The number of hydrogen-bond donors (Lipinski definition) is 3. The van der Waals surface area contributed by atoms with Crippen molar-refractivity contribution in [1.29, 1.82) is 0 Å². The maximum atomic E-state index is 10.8. The number of carboxylic acids is 1. The molecule has 1 N–H and O–H groups in total. The standard InChI is InChI=1S/C8H16O2S2/c1-3-4-5-6(7(9)10)8(2,11)12/h6,11-12H,3-5H2,1-2H3,(H,9,10). The molecule has 0 rings (SSSR count). The van der Waals surface area contributed by atoms with E-state index in [0.29, 0.717) is 6.42 Å². The number of carboxylic acid groups (broad SMARTS) is 1. The van der Waals surface area contributed by atoms with Gasteiger partial charge in [-0.05, 0) is 13.3 Å². The molecular formula is C8H16O2S2. The first-order valence-corrected chi connectivity index (χ1v) is 4.96. The minimum atomic E-state index is -0.809. The van der Waals surface area contributed by atoms with Crippen LogP contribution in [0.3, 0.4) is 0 Å². The number of hydrogen-bond acceptors (Lipinski definition) is 3. The molecule has 2 nitrogen and oxygen atoms in total. The van der Waals surface area contributed by atoms with Crippen LogP contribution in [0.25, 0.3) is 0 Å². The van der Waals surface area contributed by atoms with Crippen LogP contribution in [-0.4, -0.2) is 15.2 Å². The Hall–Kier alpha value is 0.170. The molecule has 0 bridgehead atoms. The monoisotopic (exact) mass is 208 g/mol. The molecule has 72 valence electrons. The molecule has 0 aliphatic heterocycles. The smallest absolute Gasteiger partial charge is 0.308 e. The predicted molar refractivity (Wildman–Crippen MR) is 57.0 cm³/mol. The second-order valence-electron chi connectivity index (χ2n) is 3.13. The minimum absolute atomic E-state index is 0.468. The molecule has 0 heterocycles. The van der Waals surface area contributed by atoms with Crippen LogP contribution in [-0.2, 0) is 4.79 Å². The van der Waals surface area contributed by atoms with E-state index in [2.05, 4.69) is 25.3 Å². The third-order valence-corrected chi connectivity index (χ3v) is 2.43. The van der Waals surface area contributed by atoms with Crippen molar-refractivity contribution in [3.05, 3.63) is 0 Å². The van der Waals surface area contributed by atoms with Gasteiger partial charge in [0.15, 0.2) is 0 Å². The Bertz CT molecular complexity index is 152. The largest absolute Gasteiger partial charge is 0.481 e. The summed E-state index contributed by atoms with van der Waals surface area (Å²) < 4.78 is -0.721. The molecule has 12 heavy (non-hydrogen) atoms. The van der Waals surface area contributed by atoms with Crippen LogP contribution < -0.4 is 0 Å². The van der Waals surface area contributed by atoms with Crippen molar-refractivity contribution in [1.82, 2.24) is 0 Å². The summed E-state index contributed by atoms with van der Waals surface area (Å²) >= 11 is 8.29. The van der Waals surface area contributed by atoms with Gasteiger partial charge in [-0.3, -0.25) is 4.79 Å². The Balaban J connectivity index is 4.15. The average Bonchev–Trinajstić information content (AvgIpc) is 1.84. The minimum Gasteiger partial charge on any atom is -0.481 e. The van der Waals surface area contributed by atoms with E-state index in [1.807, 2.05) is 6.92 Å². The van der Waals surface area contributed by atoms with E-state index in [9.17, 15) is 4.79 Å². The summed E-state index contributed by atoms with van der Waals surface area (Å²) in [5.74, 6) is -1.28. The molecular weight excluding hydrogens is 192 g/mol. The second kappa shape index (κ2) is 5.02. The molecule has 0 radical (unpaired) electrons. The third kappa shape index (κ3) is 4.26. The van der Waals surface area contributed by atoms with Crippen LogP contribution in [0.5, 0.6) is 0 Å². The van der Waals surface area contributed by atoms with E-state index >= 15 is 0 Å². The number of aliphatic carboxylic acids is 1. The van der Waals surface area contributed by atoms with E-state index in [4.69, 9.17) is 5.11 Å². The zero-order valence-corrected chi connectivity index (χ0v) is 9.24. The summed E-state index contributed by atoms with van der Waals surface area (Å²) in [5.41, 5.74) is 0. The maximum Gasteiger partial charge on any atom is 0.308 e. The number of thiol groups is 2. The lowest BCUT2D eigenvalue weighted by Crippen LogP contribution is -2.29. The first-order valence-electron chi connectivity index (χ1n) is 4.07. The second-order valence-corrected chi connectivity index (χ2v) is 5.34. The van der Waals surface area contributed by atoms with Crippen LogP contribution in [0.2, 0.25) is 0 Å². The Morgan fingerprint density at radius 1 is 1.58 bits per heavy atom. The molecule has 4 heteroatoms. The fourth-order valence-electron chi connectivity index (χ4n) is 1.04. The van der Waals surface area contributed by atoms with Crippen LogP contribution in [0, 0.1) is 5.92 Å². The van der Waals surface area contributed by atoms with Crippen molar-refractivity contribution in [2.24, 2.45) is 5.92 Å². The first kappa shape index (κ1) is 12.2. The van der Waals surface area contributed by atoms with Gasteiger partial charge in [0.25, 0.3) is 0 Å². The quantitative estimate of drug-likeness (QED) is 0.479. The van der Waals surface area contributed by atoms with Crippen LogP contribution in [0.15, 0.2) is 0 Å². The Morgan fingerprint density at radius 3 is 2.33 bits per heavy atom. The lowest BCUT2D eigenvalue weighted by Gasteiger charge is -2.24. The molecule has 0 aromatic rings. The molecule has 0 spiro atoms. The van der Waals surface area contributed by atoms with Crippen LogP contribution >= 0.6 is 25.3 Å². The van der Waals surface area contributed by atoms with E-state index in [0.717, 1.165) is 12.8 Å². The molecule has 1 unspecified atom stereocenters. The third-order valence-electron chi connectivity index (χ3n) is 1.80. The van der Waals surface area contributed by atoms with Crippen LogP contribution in [0.4, 0.5) is 0 Å². The van der Waals surface area contributed by atoms with Crippen molar-refractivity contribution < 1.29 is 9.90 Å². The van der Waals surface area contributed by atoms with Crippen LogP contribution in [0.1, 0.15) is 33.1 Å². The normalized spacial score (nSPS) is 14.3. The van der Waals surface area contributed by atoms with Crippen molar-refractivity contribution >= 4 is 31.2 Å². The van der Waals surface area contributed by atoms with Gasteiger partial charge in [0.2, 0.25) is 0 Å². The zero-order chi connectivity index (χ0) is 9.78. The van der Waals surface area contributed by atoms with Crippen molar-refractivity contribution in [3.63, 3.8) is 0 Å². The highest BCUT2D eigenvalue weighted by Gasteiger charge is 2.32. The zero-order valence-electron chi connectivity index (χ0n) is 7.45. The van der Waals surface area contributed by atoms with Crippen molar-refractivity contribution in [2.45, 2.75) is 37.2 Å². The molecule has 0 saturated carbocycles. The summed E-state index contributed by atoms with van der Waals surface area (Å²) in [7, 11) is 0. The first-order chi connectivity index (χ1) is 5.39. The maximum absolute atomic E-state index is 10.8. The van der Waals surface area contributed by atoms with Gasteiger partial charge in [-0.25, -0.2) is 0 Å². The molecule has 0 aromatic carbocycles. The van der Waals surface area contributed by atoms with E-state index in [-0.39, 0.29) is 0 Å². The molecule has 1 atom stereocenters. The molecule has 0 aromatic heterocycles. The lowest BCUT2D eigenvalue weighted by atomic mass is 9.99. The van der Waals surface area contributed by atoms with Crippen molar-refractivity contribution in [2.75, 3.05) is 0 Å². The Kier molecular flexibility index (Phi) is 5.09. The number of unbranched alkanes of at least 4 members (excludes halogenated alkanes) is 1. The average molecular weight is 208 g/mol. The molecule has 0 saturated heterocycles. The fourth-order valence-corrected chi connectivity index (χ4v) is 1.52. The summed E-state index contributed by atoms with van der Waals surface area (Å²) in [5, 5.41) is 8.84. The van der Waals surface area contributed by atoms with Gasteiger partial charge in [0.1, 0.15) is 0 Å². The van der Waals surface area contributed by atoms with E-state index in [1.165, 1.54) is 0 Å². The van der Waals surface area contributed by atoms with Gasteiger partial charge in [-0.1, -0.05) is 19.8 Å². The Labute approximate surface area is 84.6 Å². The van der Waals surface area contributed by atoms with E-state index < -0.39 is 16.0 Å². The van der Waals surface area contributed by atoms with Gasteiger partial charge in [-0.15, -0.1) is 0 Å². The molecule has 0 aliphatic rings. The summed E-state index contributed by atoms with van der Waals surface area (Å²) in [6, 6.07) is 0. The highest BCUT2D eigenvalue weighted by Crippen LogP contribution is 2.32. The van der Waals surface area contributed by atoms with Gasteiger partial charge in [0.05, 0.1) is 10.00 Å². The SMILES string of the molecule is CCCCC(C(=O)O)C(C)(S)S. The van der Waals surface area contributed by atoms with Crippen molar-refractivity contribution in [3.8, 4) is 0 Å².